The van der Waals surface area contributed by atoms with E-state index < -0.39 is 7.60 Å². The van der Waals surface area contributed by atoms with E-state index in [9.17, 15) is 4.57 Å². The maximum Gasteiger partial charge on any atom is 0.336 e. The number of hydrogen-bond acceptors (Lipinski definition) is 3. The molecule has 0 heterocycles. The van der Waals surface area contributed by atoms with E-state index in [4.69, 9.17) is 9.05 Å². The van der Waals surface area contributed by atoms with Crippen molar-refractivity contribution in [2.75, 3.05) is 25.9 Å². The van der Waals surface area contributed by atoms with Gasteiger partial charge in [0.25, 0.3) is 0 Å². The summed E-state index contributed by atoms with van der Waals surface area (Å²) < 4.78 is 23.2. The minimum atomic E-state index is -2.98. The molecule has 2 N–H and O–H groups in total. The van der Waals surface area contributed by atoms with Gasteiger partial charge in [-0.1, -0.05) is 44.2 Å². The highest BCUT2D eigenvalue weighted by atomic mass is 31.2. The van der Waals surface area contributed by atoms with Gasteiger partial charge in [-0.3, -0.25) is 4.57 Å². The van der Waals surface area contributed by atoms with Crippen LogP contribution in [-0.2, 0) is 19.0 Å². The zero-order valence-corrected chi connectivity index (χ0v) is 16.0. The summed E-state index contributed by atoms with van der Waals surface area (Å²) in [5.41, 5.74) is 3.40. The SMILES string of the molecule is C=C(C)C(C)(C)c1ccccc1[NH2+]CCP(=O)(OCC)OCC. The zero-order valence-electron chi connectivity index (χ0n) is 15.1. The summed E-state index contributed by atoms with van der Waals surface area (Å²) in [7, 11) is -2.98. The summed E-state index contributed by atoms with van der Waals surface area (Å²) in [6.07, 6.45) is 0.399. The predicted molar refractivity (Wildman–Crippen MR) is 96.5 cm³/mol. The lowest BCUT2D eigenvalue weighted by Gasteiger charge is -2.27. The Morgan fingerprint density at radius 1 is 1.22 bits per heavy atom. The fraction of sp³-hybridized carbons (Fsp3) is 0.556. The lowest BCUT2D eigenvalue weighted by atomic mass is 9.78. The Morgan fingerprint density at radius 2 is 1.78 bits per heavy atom. The van der Waals surface area contributed by atoms with E-state index in [1.54, 1.807) is 0 Å². The molecule has 0 aliphatic heterocycles. The van der Waals surface area contributed by atoms with Gasteiger partial charge in [0.05, 0.1) is 25.9 Å². The van der Waals surface area contributed by atoms with Crippen LogP contribution in [0.4, 0.5) is 5.69 Å². The highest BCUT2D eigenvalue weighted by Gasteiger charge is 2.28. The minimum absolute atomic E-state index is 0.101. The maximum absolute atomic E-state index is 12.5. The van der Waals surface area contributed by atoms with Crippen LogP contribution < -0.4 is 5.32 Å². The molecule has 130 valence electrons. The smallest absolute Gasteiger partial charge is 0.313 e. The second-order valence-corrected chi connectivity index (χ2v) is 8.34. The third-order valence-electron chi connectivity index (χ3n) is 4.12. The molecule has 23 heavy (non-hydrogen) atoms. The van der Waals surface area contributed by atoms with Gasteiger partial charge in [-0.05, 0) is 26.8 Å². The van der Waals surface area contributed by atoms with E-state index in [1.807, 2.05) is 26.0 Å². The summed E-state index contributed by atoms with van der Waals surface area (Å²) in [4.78, 5) is 0. The number of rotatable bonds is 10. The fourth-order valence-electron chi connectivity index (χ4n) is 2.41. The Hall–Kier alpha value is -0.930. The van der Waals surface area contributed by atoms with Gasteiger partial charge in [-0.15, -0.1) is 0 Å². The van der Waals surface area contributed by atoms with Crippen molar-refractivity contribution < 1.29 is 18.9 Å². The van der Waals surface area contributed by atoms with Crippen molar-refractivity contribution in [2.45, 2.75) is 40.0 Å². The van der Waals surface area contributed by atoms with Crippen LogP contribution in [-0.4, -0.2) is 25.9 Å². The van der Waals surface area contributed by atoms with Gasteiger partial charge in [0.2, 0.25) is 0 Å². The Morgan fingerprint density at radius 3 is 2.30 bits per heavy atom. The number of benzene rings is 1. The van der Waals surface area contributed by atoms with E-state index in [0.717, 1.165) is 11.3 Å². The molecule has 1 aromatic rings. The third-order valence-corrected chi connectivity index (χ3v) is 6.23. The molecule has 0 bridgehead atoms. The molecule has 0 unspecified atom stereocenters. The van der Waals surface area contributed by atoms with E-state index in [0.29, 0.717) is 25.9 Å². The molecule has 0 amide bonds. The number of allylic oxidation sites excluding steroid dienone is 1. The van der Waals surface area contributed by atoms with Crippen molar-refractivity contribution in [2.24, 2.45) is 0 Å². The molecule has 0 aliphatic carbocycles. The van der Waals surface area contributed by atoms with Crippen LogP contribution in [0.25, 0.3) is 0 Å². The third kappa shape index (κ3) is 5.58. The van der Waals surface area contributed by atoms with Crippen molar-refractivity contribution in [1.82, 2.24) is 0 Å². The molecular weight excluding hydrogens is 309 g/mol. The molecule has 0 saturated heterocycles. The molecule has 0 saturated carbocycles. The molecule has 0 spiro atoms. The lowest BCUT2D eigenvalue weighted by molar-refractivity contribution is -0.567. The fourth-order valence-corrected chi connectivity index (χ4v) is 3.98. The second kappa shape index (κ2) is 8.79. The van der Waals surface area contributed by atoms with E-state index >= 15 is 0 Å². The Kier molecular flexibility index (Phi) is 7.69. The molecule has 1 aromatic carbocycles. The van der Waals surface area contributed by atoms with Crippen LogP contribution in [0, 0.1) is 0 Å². The second-order valence-electron chi connectivity index (χ2n) is 6.16. The van der Waals surface area contributed by atoms with Crippen LogP contribution in [0.5, 0.6) is 0 Å². The molecule has 5 heteroatoms. The molecule has 0 atom stereocenters. The van der Waals surface area contributed by atoms with Gasteiger partial charge in [0, 0.05) is 11.0 Å². The number of nitrogens with two attached hydrogens (primary N) is 1. The van der Waals surface area contributed by atoms with Crippen molar-refractivity contribution in [1.29, 1.82) is 0 Å². The van der Waals surface area contributed by atoms with Crippen molar-refractivity contribution in [3.05, 3.63) is 42.0 Å². The summed E-state index contributed by atoms with van der Waals surface area (Å²) in [6, 6.07) is 8.29. The first-order chi connectivity index (χ1) is 10.8. The molecular formula is C18H31NO3P+. The first kappa shape index (κ1) is 20.1. The normalized spacial score (nSPS) is 12.4. The van der Waals surface area contributed by atoms with Crippen LogP contribution in [0.3, 0.4) is 0 Å². The van der Waals surface area contributed by atoms with E-state index in [2.05, 4.69) is 44.8 Å². The first-order valence-electron chi connectivity index (χ1n) is 8.23. The molecule has 0 fully saturated rings. The summed E-state index contributed by atoms with van der Waals surface area (Å²) in [5, 5.41) is 2.12. The van der Waals surface area contributed by atoms with Gasteiger partial charge < -0.3 is 14.4 Å². The Bertz CT molecular complexity index is 559. The average molecular weight is 340 g/mol. The lowest BCUT2D eigenvalue weighted by Crippen LogP contribution is -2.79. The van der Waals surface area contributed by atoms with Gasteiger partial charge in [0.15, 0.2) is 0 Å². The standard InChI is InChI=1S/C18H30NO3P/c1-7-21-23(20,22-8-2)14-13-19-17-12-10-9-11-16(17)18(5,6)15(3)4/h9-12,19H,3,7-8,13-14H2,1-2,4-6H3/p+1. The number of quaternary nitrogens is 1. The van der Waals surface area contributed by atoms with Crippen molar-refractivity contribution in [3.8, 4) is 0 Å². The molecule has 0 aliphatic rings. The molecule has 4 nitrogen and oxygen atoms in total. The Labute approximate surface area is 140 Å². The molecule has 0 aromatic heterocycles. The van der Waals surface area contributed by atoms with Gasteiger partial charge in [-0.2, -0.15) is 0 Å². The van der Waals surface area contributed by atoms with E-state index in [-0.39, 0.29) is 5.41 Å². The van der Waals surface area contributed by atoms with Crippen LogP contribution >= 0.6 is 7.60 Å². The average Bonchev–Trinajstić information content (AvgIpc) is 2.48. The van der Waals surface area contributed by atoms with E-state index in [1.165, 1.54) is 5.56 Å². The maximum atomic E-state index is 12.5. The monoisotopic (exact) mass is 340 g/mol. The van der Waals surface area contributed by atoms with Crippen molar-refractivity contribution >= 4 is 13.3 Å². The van der Waals surface area contributed by atoms with Gasteiger partial charge >= 0.3 is 7.60 Å². The van der Waals surface area contributed by atoms with Gasteiger partial charge in [-0.25, -0.2) is 0 Å². The van der Waals surface area contributed by atoms with Crippen molar-refractivity contribution in [3.63, 3.8) is 0 Å². The number of hydrogen-bond donors (Lipinski definition) is 1. The summed E-state index contributed by atoms with van der Waals surface area (Å²) >= 11 is 0. The summed E-state index contributed by atoms with van der Waals surface area (Å²) in [5.74, 6) is 0. The highest BCUT2D eigenvalue weighted by Crippen LogP contribution is 2.47. The zero-order chi connectivity index (χ0) is 17.5. The predicted octanol–water partition coefficient (Wildman–Crippen LogP) is 4.00. The van der Waals surface area contributed by atoms with Crippen LogP contribution in [0.2, 0.25) is 0 Å². The largest absolute Gasteiger partial charge is 0.336 e. The summed E-state index contributed by atoms with van der Waals surface area (Å²) in [6.45, 7) is 15.6. The molecule has 0 radical (unpaired) electrons. The Balaban J connectivity index is 2.83. The minimum Gasteiger partial charge on any atom is -0.313 e. The van der Waals surface area contributed by atoms with Crippen LogP contribution in [0.1, 0.15) is 40.2 Å². The quantitative estimate of drug-likeness (QED) is 0.398. The topological polar surface area (TPSA) is 52.1 Å². The van der Waals surface area contributed by atoms with Gasteiger partial charge in [0.1, 0.15) is 5.69 Å². The first-order valence-corrected chi connectivity index (χ1v) is 9.96. The highest BCUT2D eigenvalue weighted by molar-refractivity contribution is 7.53. The molecule has 1 rings (SSSR count). The van der Waals surface area contributed by atoms with Crippen LogP contribution in [0.15, 0.2) is 36.4 Å². The number of para-hydroxylation sites is 1.